The van der Waals surface area contributed by atoms with Crippen LogP contribution >= 0.6 is 0 Å². The fraction of sp³-hybridized carbons (Fsp3) is 0.550. The number of nitrogens with one attached hydrogen (secondary N) is 1. The standard InChI is InChI=1S/C40H48N6O4/c1-40(2,3)50-39(48)43-34-27-14-15-31(34)46(22-27)38(47)28-17-30-36(33(19-28)49-5)44(4)37(42-30)32-18-26-10-7-11-29(25-9-6-8-24(16-25)20-41)35(26)45(32)21-23-12-13-23/h7,10-11,17-19,23-25,27,31,34H,6,8-9,12-16,21-22H2,1-5H3,(H,43,48)/t24?,25?,27-,31-,34-/m1/s1. The first-order valence-electron chi connectivity index (χ1n) is 18.4. The lowest BCUT2D eigenvalue weighted by Gasteiger charge is -2.28. The van der Waals surface area contributed by atoms with E-state index in [9.17, 15) is 14.9 Å². The van der Waals surface area contributed by atoms with Crippen LogP contribution in [-0.4, -0.2) is 62.4 Å². The summed E-state index contributed by atoms with van der Waals surface area (Å²) < 4.78 is 16.1. The molecule has 10 heteroatoms. The van der Waals surface area contributed by atoms with Crippen molar-refractivity contribution in [2.45, 2.75) is 102 Å². The highest BCUT2D eigenvalue weighted by Gasteiger charge is 2.50. The maximum absolute atomic E-state index is 14.2. The smallest absolute Gasteiger partial charge is 0.407 e. The van der Waals surface area contributed by atoms with Crippen LogP contribution in [0.4, 0.5) is 4.79 Å². The molecule has 2 aromatic carbocycles. The maximum Gasteiger partial charge on any atom is 0.407 e. The molecule has 4 fully saturated rings. The number of likely N-dealkylation sites (tertiary alicyclic amines) is 1. The molecule has 8 rings (SSSR count). The summed E-state index contributed by atoms with van der Waals surface area (Å²) in [6, 6.07) is 15.0. The molecular weight excluding hydrogens is 628 g/mol. The van der Waals surface area contributed by atoms with Crippen molar-refractivity contribution in [2.75, 3.05) is 13.7 Å². The molecule has 0 radical (unpaired) electrons. The zero-order valence-corrected chi connectivity index (χ0v) is 29.9. The molecular formula is C40H48N6O4. The monoisotopic (exact) mass is 676 g/mol. The molecule has 5 atom stereocenters. The number of piperidine rings is 1. The average molecular weight is 677 g/mol. The van der Waals surface area contributed by atoms with Gasteiger partial charge in [-0.3, -0.25) is 4.79 Å². The van der Waals surface area contributed by atoms with Crippen molar-refractivity contribution >= 4 is 33.9 Å². The van der Waals surface area contributed by atoms with Gasteiger partial charge in [0.1, 0.15) is 16.9 Å². The van der Waals surface area contributed by atoms with E-state index in [4.69, 9.17) is 14.5 Å². The third-order valence-electron chi connectivity index (χ3n) is 11.5. The zero-order chi connectivity index (χ0) is 34.9. The van der Waals surface area contributed by atoms with Crippen LogP contribution in [0.15, 0.2) is 36.4 Å². The van der Waals surface area contributed by atoms with Crippen LogP contribution in [0.5, 0.6) is 5.75 Å². The SMILES string of the molecule is COc1cc(C(=O)N2C[C@H]3CC[C@@H]2[C@@H]3NC(=O)OC(C)(C)C)cc2nc(-c3cc4cccc(C5CCCC(C#N)C5)c4n3CC3CC3)n(C)c12. The Labute approximate surface area is 293 Å². The molecule has 3 aliphatic carbocycles. The van der Waals surface area contributed by atoms with Gasteiger partial charge in [-0.1, -0.05) is 24.6 Å². The molecule has 2 unspecified atom stereocenters. The van der Waals surface area contributed by atoms with Crippen LogP contribution in [0.1, 0.15) is 94.0 Å². The maximum atomic E-state index is 14.2. The summed E-state index contributed by atoms with van der Waals surface area (Å²) in [5.74, 6) is 2.70. The van der Waals surface area contributed by atoms with Gasteiger partial charge < -0.3 is 28.8 Å². The number of carbonyl (C=O) groups is 2. The largest absolute Gasteiger partial charge is 0.494 e. The molecule has 262 valence electrons. The van der Waals surface area contributed by atoms with Gasteiger partial charge in [-0.15, -0.1) is 0 Å². The summed E-state index contributed by atoms with van der Waals surface area (Å²) in [5.41, 5.74) is 5.19. The van der Waals surface area contributed by atoms with Crippen LogP contribution < -0.4 is 10.1 Å². The number of hydrogen-bond acceptors (Lipinski definition) is 6. The molecule has 0 spiro atoms. The Balaban J connectivity index is 1.15. The topological polar surface area (TPSA) is 114 Å². The molecule has 50 heavy (non-hydrogen) atoms. The lowest BCUT2D eigenvalue weighted by atomic mass is 9.78. The van der Waals surface area contributed by atoms with Crippen molar-refractivity contribution in [3.05, 3.63) is 47.5 Å². The number of aryl methyl sites for hydroxylation is 1. The molecule has 2 amide bonds. The van der Waals surface area contributed by atoms with Gasteiger partial charge in [-0.25, -0.2) is 9.78 Å². The van der Waals surface area contributed by atoms with Gasteiger partial charge in [0.25, 0.3) is 5.91 Å². The number of nitriles is 1. The number of benzene rings is 2. The van der Waals surface area contributed by atoms with Gasteiger partial charge in [0.2, 0.25) is 0 Å². The Bertz CT molecular complexity index is 2030. The lowest BCUT2D eigenvalue weighted by molar-refractivity contribution is 0.0485. The summed E-state index contributed by atoms with van der Waals surface area (Å²) in [6.45, 7) is 7.09. The minimum absolute atomic E-state index is 0.0729. The molecule has 2 bridgehead atoms. The molecule has 1 saturated heterocycles. The van der Waals surface area contributed by atoms with E-state index in [1.54, 1.807) is 7.11 Å². The summed E-state index contributed by atoms with van der Waals surface area (Å²) in [4.78, 5) is 34.0. The van der Waals surface area contributed by atoms with E-state index >= 15 is 0 Å². The number of ether oxygens (including phenoxy) is 2. The number of nitrogens with zero attached hydrogens (tertiary/aromatic N) is 5. The van der Waals surface area contributed by atoms with Crippen LogP contribution in [-0.2, 0) is 18.3 Å². The molecule has 1 aliphatic heterocycles. The second-order valence-corrected chi connectivity index (χ2v) is 16.1. The molecule has 10 nitrogen and oxygen atoms in total. The summed E-state index contributed by atoms with van der Waals surface area (Å²) in [7, 11) is 3.67. The third kappa shape index (κ3) is 5.78. The van der Waals surface area contributed by atoms with E-state index in [1.807, 2.05) is 44.9 Å². The van der Waals surface area contributed by atoms with Gasteiger partial charge in [0, 0.05) is 37.0 Å². The Kier molecular flexibility index (Phi) is 8.08. The molecule has 4 aliphatic rings. The number of alkyl carbamates (subject to hydrolysis) is 1. The number of imidazole rings is 1. The van der Waals surface area contributed by atoms with Crippen molar-refractivity contribution in [1.29, 1.82) is 5.26 Å². The van der Waals surface area contributed by atoms with E-state index in [0.717, 1.165) is 62.1 Å². The highest BCUT2D eigenvalue weighted by molar-refractivity contribution is 6.00. The highest BCUT2D eigenvalue weighted by atomic mass is 16.6. The first-order chi connectivity index (χ1) is 24.0. The van der Waals surface area contributed by atoms with Crippen molar-refractivity contribution in [3.8, 4) is 23.3 Å². The van der Waals surface area contributed by atoms with Crippen LogP contribution in [0, 0.1) is 29.1 Å². The number of aromatic nitrogens is 3. The van der Waals surface area contributed by atoms with Gasteiger partial charge in [-0.2, -0.15) is 5.26 Å². The predicted molar refractivity (Wildman–Crippen MR) is 192 cm³/mol. The summed E-state index contributed by atoms with van der Waals surface area (Å²) in [5, 5.41) is 14.0. The Morgan fingerprint density at radius 2 is 1.88 bits per heavy atom. The van der Waals surface area contributed by atoms with Crippen molar-refractivity contribution in [2.24, 2.45) is 24.8 Å². The third-order valence-corrected chi connectivity index (χ3v) is 11.5. The second-order valence-electron chi connectivity index (χ2n) is 16.1. The van der Waals surface area contributed by atoms with Gasteiger partial charge in [-0.05, 0) is 107 Å². The van der Waals surface area contributed by atoms with E-state index < -0.39 is 11.7 Å². The summed E-state index contributed by atoms with van der Waals surface area (Å²) >= 11 is 0. The number of para-hydroxylation sites is 1. The van der Waals surface area contributed by atoms with Crippen molar-refractivity contribution in [1.82, 2.24) is 24.3 Å². The van der Waals surface area contributed by atoms with E-state index in [-0.39, 0.29) is 29.8 Å². The highest BCUT2D eigenvalue weighted by Crippen LogP contribution is 2.44. The fourth-order valence-electron chi connectivity index (χ4n) is 9.08. The van der Waals surface area contributed by atoms with Gasteiger partial charge in [0.15, 0.2) is 5.82 Å². The Morgan fingerprint density at radius 3 is 2.62 bits per heavy atom. The first kappa shape index (κ1) is 32.7. The zero-order valence-electron chi connectivity index (χ0n) is 29.9. The Morgan fingerprint density at radius 1 is 1.06 bits per heavy atom. The number of amides is 2. The first-order valence-corrected chi connectivity index (χ1v) is 18.4. The quantitative estimate of drug-likeness (QED) is 0.216. The minimum Gasteiger partial charge on any atom is -0.494 e. The van der Waals surface area contributed by atoms with Gasteiger partial charge in [0.05, 0.1) is 42.0 Å². The van der Waals surface area contributed by atoms with Crippen LogP contribution in [0.2, 0.25) is 0 Å². The van der Waals surface area contributed by atoms with Gasteiger partial charge >= 0.3 is 6.09 Å². The van der Waals surface area contributed by atoms with Crippen LogP contribution in [0.25, 0.3) is 33.5 Å². The van der Waals surface area contributed by atoms with Crippen molar-refractivity contribution < 1.29 is 19.1 Å². The number of carbonyl (C=O) groups excluding carboxylic acids is 2. The van der Waals surface area contributed by atoms with E-state index in [0.29, 0.717) is 35.2 Å². The van der Waals surface area contributed by atoms with E-state index in [1.165, 1.54) is 29.3 Å². The molecule has 3 heterocycles. The average Bonchev–Trinajstić information content (AvgIpc) is 3.43. The lowest BCUT2D eigenvalue weighted by Crippen LogP contribution is -2.46. The number of hydrogen-bond donors (Lipinski definition) is 1. The van der Waals surface area contributed by atoms with Crippen molar-refractivity contribution in [3.63, 3.8) is 0 Å². The predicted octanol–water partition coefficient (Wildman–Crippen LogP) is 7.54. The normalized spacial score (nSPS) is 24.9. The summed E-state index contributed by atoms with van der Waals surface area (Å²) in [6.07, 6.45) is 7.94. The minimum atomic E-state index is -0.587. The molecule has 3 saturated carbocycles. The molecule has 4 aromatic rings. The molecule has 1 N–H and O–H groups in total. The fourth-order valence-corrected chi connectivity index (χ4v) is 9.08. The molecule has 2 aromatic heterocycles. The second kappa shape index (κ2) is 12.4. The van der Waals surface area contributed by atoms with E-state index in [2.05, 4.69) is 44.8 Å². The number of methoxy groups -OCH3 is 1. The van der Waals surface area contributed by atoms with Crippen LogP contribution in [0.3, 0.4) is 0 Å². The Hall–Kier alpha value is -4.52. The number of fused-ring (bicyclic) bond motifs is 4. The number of rotatable bonds is 7.